The van der Waals surface area contributed by atoms with E-state index in [2.05, 4.69) is 15.6 Å². The molecule has 0 heterocycles. The molecule has 1 saturated carbocycles. The smallest absolute Gasteiger partial charge is 0.211 e. The van der Waals surface area contributed by atoms with E-state index in [4.69, 9.17) is 0 Å². The standard InChI is InChI=1S/C15H32N4O3S.HI/c1-4-16-15(18-13-7-9-14(20)10-8-13)17-11-6-12-19(5-2)23(3,21)22;/h13-14,20H,4-12H2,1-3H3,(H2,16,17,18);1H. The quantitative estimate of drug-likeness (QED) is 0.212. The van der Waals surface area contributed by atoms with Gasteiger partial charge in [0.25, 0.3) is 0 Å². The predicted octanol–water partition coefficient (Wildman–Crippen LogP) is 1.13. The fraction of sp³-hybridized carbons (Fsp3) is 0.933. The van der Waals surface area contributed by atoms with Crippen LogP contribution in [0, 0.1) is 0 Å². The van der Waals surface area contributed by atoms with Gasteiger partial charge in [0, 0.05) is 32.2 Å². The highest BCUT2D eigenvalue weighted by molar-refractivity contribution is 14.0. The number of hydrogen-bond donors (Lipinski definition) is 3. The minimum absolute atomic E-state index is 0. The first-order valence-corrected chi connectivity index (χ1v) is 10.4. The van der Waals surface area contributed by atoms with E-state index >= 15 is 0 Å². The second kappa shape index (κ2) is 12.3. The Bertz CT molecular complexity index is 465. The Morgan fingerprint density at radius 2 is 1.88 bits per heavy atom. The fourth-order valence-electron chi connectivity index (χ4n) is 2.73. The van der Waals surface area contributed by atoms with Gasteiger partial charge in [-0.25, -0.2) is 12.7 Å². The van der Waals surface area contributed by atoms with Crippen LogP contribution in [0.25, 0.3) is 0 Å². The maximum absolute atomic E-state index is 11.5. The molecule has 24 heavy (non-hydrogen) atoms. The molecule has 1 rings (SSSR count). The second-order valence-corrected chi connectivity index (χ2v) is 8.00. The van der Waals surface area contributed by atoms with Crippen molar-refractivity contribution in [2.45, 2.75) is 58.1 Å². The number of aliphatic imine (C=N–C) groups is 1. The molecule has 7 nitrogen and oxygen atoms in total. The summed E-state index contributed by atoms with van der Waals surface area (Å²) < 4.78 is 24.5. The van der Waals surface area contributed by atoms with E-state index < -0.39 is 10.0 Å². The zero-order chi connectivity index (χ0) is 17.3. The molecular weight excluding hydrogens is 443 g/mol. The molecule has 0 aromatic heterocycles. The molecule has 0 amide bonds. The molecule has 1 fully saturated rings. The summed E-state index contributed by atoms with van der Waals surface area (Å²) in [6.45, 7) is 6.21. The highest BCUT2D eigenvalue weighted by Gasteiger charge is 2.20. The molecule has 1 aliphatic rings. The first kappa shape index (κ1) is 23.9. The topological polar surface area (TPSA) is 94.0 Å². The average molecular weight is 476 g/mol. The van der Waals surface area contributed by atoms with E-state index in [-0.39, 0.29) is 30.1 Å². The summed E-state index contributed by atoms with van der Waals surface area (Å²) in [4.78, 5) is 4.53. The van der Waals surface area contributed by atoms with Crippen LogP contribution in [-0.4, -0.2) is 68.4 Å². The van der Waals surface area contributed by atoms with Crippen molar-refractivity contribution in [3.63, 3.8) is 0 Å². The van der Waals surface area contributed by atoms with Crippen molar-refractivity contribution in [2.75, 3.05) is 32.4 Å². The van der Waals surface area contributed by atoms with Crippen LogP contribution in [0.5, 0.6) is 0 Å². The van der Waals surface area contributed by atoms with Crippen molar-refractivity contribution in [2.24, 2.45) is 4.99 Å². The molecule has 9 heteroatoms. The van der Waals surface area contributed by atoms with Crippen LogP contribution in [0.1, 0.15) is 46.0 Å². The monoisotopic (exact) mass is 476 g/mol. The summed E-state index contributed by atoms with van der Waals surface area (Å²) in [5.41, 5.74) is 0. The van der Waals surface area contributed by atoms with Crippen molar-refractivity contribution in [3.8, 4) is 0 Å². The molecule has 0 saturated heterocycles. The zero-order valence-electron chi connectivity index (χ0n) is 15.0. The molecule has 0 bridgehead atoms. The summed E-state index contributed by atoms with van der Waals surface area (Å²) in [5, 5.41) is 16.2. The molecule has 0 radical (unpaired) electrons. The SMILES string of the molecule is CCNC(=NCCCN(CC)S(C)(=O)=O)NC1CCC(O)CC1.I. The van der Waals surface area contributed by atoms with Gasteiger partial charge in [0.05, 0.1) is 12.4 Å². The lowest BCUT2D eigenvalue weighted by Crippen LogP contribution is -2.45. The highest BCUT2D eigenvalue weighted by Crippen LogP contribution is 2.18. The van der Waals surface area contributed by atoms with E-state index in [9.17, 15) is 13.5 Å². The molecule has 3 N–H and O–H groups in total. The van der Waals surface area contributed by atoms with E-state index in [1.54, 1.807) is 0 Å². The van der Waals surface area contributed by atoms with Crippen LogP contribution in [0.4, 0.5) is 0 Å². The maximum atomic E-state index is 11.5. The summed E-state index contributed by atoms with van der Waals surface area (Å²) >= 11 is 0. The second-order valence-electron chi connectivity index (χ2n) is 6.02. The van der Waals surface area contributed by atoms with Crippen LogP contribution < -0.4 is 10.6 Å². The number of aliphatic hydroxyl groups excluding tert-OH is 1. The first-order chi connectivity index (χ1) is 10.9. The lowest BCUT2D eigenvalue weighted by Gasteiger charge is -2.27. The third-order valence-corrected chi connectivity index (χ3v) is 5.42. The third kappa shape index (κ3) is 9.38. The van der Waals surface area contributed by atoms with Crippen molar-refractivity contribution < 1.29 is 13.5 Å². The van der Waals surface area contributed by atoms with E-state index in [1.807, 2.05) is 13.8 Å². The summed E-state index contributed by atoms with van der Waals surface area (Å²) in [7, 11) is -3.12. The van der Waals surface area contributed by atoms with Crippen molar-refractivity contribution in [3.05, 3.63) is 0 Å². The summed E-state index contributed by atoms with van der Waals surface area (Å²) in [5.74, 6) is 0.774. The number of hydrogen-bond acceptors (Lipinski definition) is 4. The largest absolute Gasteiger partial charge is 0.393 e. The van der Waals surface area contributed by atoms with Gasteiger partial charge < -0.3 is 15.7 Å². The van der Waals surface area contributed by atoms with Gasteiger partial charge in [0.15, 0.2) is 5.96 Å². The normalized spacial score (nSPS) is 22.1. The van der Waals surface area contributed by atoms with Gasteiger partial charge in [-0.2, -0.15) is 0 Å². The molecule has 0 spiro atoms. The molecule has 0 aliphatic heterocycles. The number of halogens is 1. The van der Waals surface area contributed by atoms with Crippen molar-refractivity contribution in [1.29, 1.82) is 0 Å². The van der Waals surface area contributed by atoms with Gasteiger partial charge in [0.2, 0.25) is 10.0 Å². The van der Waals surface area contributed by atoms with Gasteiger partial charge in [-0.1, -0.05) is 6.92 Å². The van der Waals surface area contributed by atoms with Crippen LogP contribution >= 0.6 is 24.0 Å². The molecule has 1 aliphatic carbocycles. The van der Waals surface area contributed by atoms with Gasteiger partial charge in [-0.05, 0) is 39.0 Å². The lowest BCUT2D eigenvalue weighted by molar-refractivity contribution is 0.120. The van der Waals surface area contributed by atoms with Gasteiger partial charge in [-0.3, -0.25) is 4.99 Å². The van der Waals surface area contributed by atoms with Gasteiger partial charge >= 0.3 is 0 Å². The molecule has 0 aromatic rings. The Kier molecular flexibility index (Phi) is 12.2. The number of guanidine groups is 1. The molecular formula is C15H33IN4O3S. The summed E-state index contributed by atoms with van der Waals surface area (Å²) in [6, 6.07) is 0.347. The minimum Gasteiger partial charge on any atom is -0.393 e. The van der Waals surface area contributed by atoms with Crippen molar-refractivity contribution in [1.82, 2.24) is 14.9 Å². The van der Waals surface area contributed by atoms with Crippen LogP contribution in [-0.2, 0) is 10.0 Å². The van der Waals surface area contributed by atoms with Crippen LogP contribution in [0.15, 0.2) is 4.99 Å². The number of aliphatic hydroxyl groups is 1. The number of rotatable bonds is 8. The fourth-order valence-corrected chi connectivity index (χ4v) is 3.66. The molecule has 0 unspecified atom stereocenters. The summed E-state index contributed by atoms with van der Waals surface area (Å²) in [6.07, 6.45) is 5.33. The zero-order valence-corrected chi connectivity index (χ0v) is 18.1. The van der Waals surface area contributed by atoms with E-state index in [0.717, 1.165) is 38.2 Å². The molecule has 144 valence electrons. The molecule has 0 aromatic carbocycles. The van der Waals surface area contributed by atoms with Gasteiger partial charge in [0.1, 0.15) is 0 Å². The Labute approximate surface area is 163 Å². The Morgan fingerprint density at radius 3 is 2.38 bits per heavy atom. The van der Waals surface area contributed by atoms with E-state index in [1.165, 1.54) is 10.6 Å². The number of nitrogens with one attached hydrogen (secondary N) is 2. The van der Waals surface area contributed by atoms with Gasteiger partial charge in [-0.15, -0.1) is 24.0 Å². The number of nitrogens with zero attached hydrogens (tertiary/aromatic N) is 2. The first-order valence-electron chi connectivity index (χ1n) is 8.54. The van der Waals surface area contributed by atoms with Crippen LogP contribution in [0.3, 0.4) is 0 Å². The lowest BCUT2D eigenvalue weighted by atomic mass is 9.93. The maximum Gasteiger partial charge on any atom is 0.211 e. The minimum atomic E-state index is -3.12. The van der Waals surface area contributed by atoms with Crippen molar-refractivity contribution >= 4 is 40.0 Å². The molecule has 0 atom stereocenters. The van der Waals surface area contributed by atoms with E-state index in [0.29, 0.717) is 32.1 Å². The van der Waals surface area contributed by atoms with Crippen LogP contribution in [0.2, 0.25) is 0 Å². The number of sulfonamides is 1. The predicted molar refractivity (Wildman–Crippen MR) is 110 cm³/mol. The Balaban J connectivity index is 0.00000529. The Morgan fingerprint density at radius 1 is 1.25 bits per heavy atom. The Hall–Kier alpha value is -0.130. The third-order valence-electron chi connectivity index (χ3n) is 4.04. The highest BCUT2D eigenvalue weighted by atomic mass is 127. The average Bonchev–Trinajstić information content (AvgIpc) is 2.48.